The summed E-state index contributed by atoms with van der Waals surface area (Å²) in [5.41, 5.74) is 1.08. The van der Waals surface area contributed by atoms with Gasteiger partial charge in [0.2, 0.25) is 0 Å². The molecule has 4 nitrogen and oxygen atoms in total. The zero-order valence-electron chi connectivity index (χ0n) is 13.0. The maximum atomic E-state index is 6.35. The summed E-state index contributed by atoms with van der Waals surface area (Å²) in [6.07, 6.45) is 1.86. The Labute approximate surface area is 131 Å². The van der Waals surface area contributed by atoms with Gasteiger partial charge in [0.25, 0.3) is 0 Å². The van der Waals surface area contributed by atoms with Gasteiger partial charge in [0.15, 0.2) is 0 Å². The fourth-order valence-electron chi connectivity index (χ4n) is 2.05. The SMILES string of the molecule is Cc1ccc(CN(C)c2ncc(CNC(C)C)cc2Cl)o1. The van der Waals surface area contributed by atoms with Crippen molar-refractivity contribution in [1.82, 2.24) is 10.3 Å². The van der Waals surface area contributed by atoms with Gasteiger partial charge in [0, 0.05) is 25.8 Å². The van der Waals surface area contributed by atoms with E-state index in [1.165, 1.54) is 0 Å². The van der Waals surface area contributed by atoms with E-state index < -0.39 is 0 Å². The third-order valence-corrected chi connectivity index (χ3v) is 3.42. The van der Waals surface area contributed by atoms with Crippen LogP contribution in [0.5, 0.6) is 0 Å². The first-order valence-corrected chi connectivity index (χ1v) is 7.47. The smallest absolute Gasteiger partial charge is 0.147 e. The molecule has 0 saturated carbocycles. The predicted molar refractivity (Wildman–Crippen MR) is 86.8 cm³/mol. The number of hydrogen-bond donors (Lipinski definition) is 1. The fourth-order valence-corrected chi connectivity index (χ4v) is 2.38. The van der Waals surface area contributed by atoms with E-state index in [0.717, 1.165) is 29.4 Å². The first kappa shape index (κ1) is 15.9. The van der Waals surface area contributed by atoms with Crippen LogP contribution >= 0.6 is 11.6 Å². The first-order valence-electron chi connectivity index (χ1n) is 7.10. The van der Waals surface area contributed by atoms with Crippen LogP contribution in [-0.2, 0) is 13.1 Å². The number of pyridine rings is 1. The molecule has 5 heteroatoms. The Morgan fingerprint density at radius 1 is 1.38 bits per heavy atom. The van der Waals surface area contributed by atoms with Crippen LogP contribution in [0, 0.1) is 6.92 Å². The van der Waals surface area contributed by atoms with E-state index in [2.05, 4.69) is 24.1 Å². The summed E-state index contributed by atoms with van der Waals surface area (Å²) < 4.78 is 5.58. The number of halogens is 1. The van der Waals surface area contributed by atoms with Gasteiger partial charge in [0.05, 0.1) is 11.6 Å². The molecular weight excluding hydrogens is 286 g/mol. The van der Waals surface area contributed by atoms with E-state index in [4.69, 9.17) is 16.0 Å². The Morgan fingerprint density at radius 3 is 2.71 bits per heavy atom. The van der Waals surface area contributed by atoms with Crippen molar-refractivity contribution in [2.75, 3.05) is 11.9 Å². The number of aryl methyl sites for hydroxylation is 1. The van der Waals surface area contributed by atoms with Crippen molar-refractivity contribution in [1.29, 1.82) is 0 Å². The van der Waals surface area contributed by atoms with Crippen molar-refractivity contribution in [2.45, 2.75) is 39.9 Å². The molecule has 0 aliphatic carbocycles. The second-order valence-corrected chi connectivity index (χ2v) is 5.96. The molecule has 0 spiro atoms. The average molecular weight is 308 g/mol. The highest BCUT2D eigenvalue weighted by atomic mass is 35.5. The minimum absolute atomic E-state index is 0.438. The standard InChI is InChI=1S/C16H22ClN3O/c1-11(2)18-8-13-7-15(17)16(19-9-13)20(4)10-14-6-5-12(3)21-14/h5-7,9,11,18H,8,10H2,1-4H3. The van der Waals surface area contributed by atoms with Crippen molar-refractivity contribution in [3.63, 3.8) is 0 Å². The van der Waals surface area contributed by atoms with E-state index in [1.54, 1.807) is 0 Å². The van der Waals surface area contributed by atoms with Gasteiger partial charge >= 0.3 is 0 Å². The predicted octanol–water partition coefficient (Wildman–Crippen LogP) is 3.77. The van der Waals surface area contributed by atoms with Crippen LogP contribution in [0.15, 0.2) is 28.8 Å². The molecule has 0 atom stereocenters. The summed E-state index contributed by atoms with van der Waals surface area (Å²) in [6.45, 7) is 7.58. The topological polar surface area (TPSA) is 41.3 Å². The van der Waals surface area contributed by atoms with Crippen LogP contribution in [-0.4, -0.2) is 18.1 Å². The molecule has 0 bridgehead atoms. The summed E-state index contributed by atoms with van der Waals surface area (Å²) >= 11 is 6.35. The molecule has 2 aromatic rings. The molecule has 21 heavy (non-hydrogen) atoms. The van der Waals surface area contributed by atoms with Crippen LogP contribution in [0.3, 0.4) is 0 Å². The molecule has 2 heterocycles. The lowest BCUT2D eigenvalue weighted by atomic mass is 10.2. The van der Waals surface area contributed by atoms with Gasteiger partial charge in [-0.2, -0.15) is 0 Å². The number of anilines is 1. The van der Waals surface area contributed by atoms with E-state index in [1.807, 2.05) is 43.3 Å². The maximum Gasteiger partial charge on any atom is 0.147 e. The largest absolute Gasteiger partial charge is 0.464 e. The minimum atomic E-state index is 0.438. The average Bonchev–Trinajstić information content (AvgIpc) is 2.81. The number of furan rings is 1. The minimum Gasteiger partial charge on any atom is -0.464 e. The van der Waals surface area contributed by atoms with Gasteiger partial charge in [-0.05, 0) is 30.7 Å². The number of nitrogens with zero attached hydrogens (tertiary/aromatic N) is 2. The summed E-state index contributed by atoms with van der Waals surface area (Å²) in [7, 11) is 1.96. The van der Waals surface area contributed by atoms with Gasteiger partial charge in [-0.25, -0.2) is 4.98 Å². The number of nitrogens with one attached hydrogen (secondary N) is 1. The van der Waals surface area contributed by atoms with Crippen molar-refractivity contribution < 1.29 is 4.42 Å². The molecule has 0 unspecified atom stereocenters. The molecule has 2 rings (SSSR count). The fraction of sp³-hybridized carbons (Fsp3) is 0.438. The Morgan fingerprint density at radius 2 is 2.14 bits per heavy atom. The molecule has 2 aromatic heterocycles. The molecular formula is C16H22ClN3O. The Kier molecular flexibility index (Phi) is 5.26. The van der Waals surface area contributed by atoms with Crippen molar-refractivity contribution >= 4 is 17.4 Å². The lowest BCUT2D eigenvalue weighted by Gasteiger charge is -2.18. The lowest BCUT2D eigenvalue weighted by molar-refractivity contribution is 0.481. The van der Waals surface area contributed by atoms with Crippen LogP contribution in [0.25, 0.3) is 0 Å². The quantitative estimate of drug-likeness (QED) is 0.882. The second kappa shape index (κ2) is 6.96. The number of rotatable bonds is 6. The van der Waals surface area contributed by atoms with E-state index in [9.17, 15) is 0 Å². The normalized spacial score (nSPS) is 11.1. The molecule has 1 N–H and O–H groups in total. The monoisotopic (exact) mass is 307 g/mol. The Balaban J connectivity index is 2.05. The zero-order chi connectivity index (χ0) is 15.4. The van der Waals surface area contributed by atoms with E-state index in [0.29, 0.717) is 17.6 Å². The van der Waals surface area contributed by atoms with Gasteiger partial charge in [0.1, 0.15) is 17.3 Å². The Bertz CT molecular complexity index is 595. The lowest BCUT2D eigenvalue weighted by Crippen LogP contribution is -2.22. The van der Waals surface area contributed by atoms with Crippen molar-refractivity contribution in [2.24, 2.45) is 0 Å². The van der Waals surface area contributed by atoms with Gasteiger partial charge < -0.3 is 14.6 Å². The molecule has 0 radical (unpaired) electrons. The third kappa shape index (κ3) is 4.48. The molecule has 0 amide bonds. The Hall–Kier alpha value is -1.52. The van der Waals surface area contributed by atoms with Crippen LogP contribution < -0.4 is 10.2 Å². The van der Waals surface area contributed by atoms with Gasteiger partial charge in [-0.15, -0.1) is 0 Å². The molecule has 0 saturated heterocycles. The van der Waals surface area contributed by atoms with Crippen LogP contribution in [0.2, 0.25) is 5.02 Å². The summed E-state index contributed by atoms with van der Waals surface area (Å²) in [5, 5.41) is 4.01. The first-order chi connectivity index (χ1) is 9.95. The third-order valence-electron chi connectivity index (χ3n) is 3.14. The second-order valence-electron chi connectivity index (χ2n) is 5.55. The summed E-state index contributed by atoms with van der Waals surface area (Å²) in [4.78, 5) is 6.46. The molecule has 114 valence electrons. The van der Waals surface area contributed by atoms with Gasteiger partial charge in [-0.3, -0.25) is 0 Å². The van der Waals surface area contributed by atoms with Crippen molar-refractivity contribution in [3.8, 4) is 0 Å². The number of aromatic nitrogens is 1. The van der Waals surface area contributed by atoms with Crippen molar-refractivity contribution in [3.05, 3.63) is 46.5 Å². The van der Waals surface area contributed by atoms with Crippen LogP contribution in [0.4, 0.5) is 5.82 Å². The molecule has 0 aliphatic rings. The molecule has 0 aliphatic heterocycles. The zero-order valence-corrected chi connectivity index (χ0v) is 13.7. The highest BCUT2D eigenvalue weighted by Gasteiger charge is 2.11. The summed E-state index contributed by atoms with van der Waals surface area (Å²) in [6, 6.07) is 6.33. The van der Waals surface area contributed by atoms with Gasteiger partial charge in [-0.1, -0.05) is 25.4 Å². The van der Waals surface area contributed by atoms with E-state index in [-0.39, 0.29) is 0 Å². The van der Waals surface area contributed by atoms with Crippen LogP contribution in [0.1, 0.15) is 30.9 Å². The highest BCUT2D eigenvalue weighted by Crippen LogP contribution is 2.24. The summed E-state index contributed by atoms with van der Waals surface area (Å²) in [5.74, 6) is 2.57. The maximum absolute atomic E-state index is 6.35. The molecule has 0 fully saturated rings. The van der Waals surface area contributed by atoms with E-state index >= 15 is 0 Å². The molecule has 0 aromatic carbocycles. The highest BCUT2D eigenvalue weighted by molar-refractivity contribution is 6.33. The number of hydrogen-bond acceptors (Lipinski definition) is 4.